The normalized spacial score (nSPS) is 9.18. The first kappa shape index (κ1) is 10.3. The summed E-state index contributed by atoms with van der Waals surface area (Å²) in [7, 11) is 0. The standard InChI is InChI=1S/C8H15NO2/c1-2-3-4-6-11-7-5-9-8-10/h2-7H2,1H3. The molecule has 0 aromatic carbocycles. The van der Waals surface area contributed by atoms with Crippen molar-refractivity contribution in [1.29, 1.82) is 0 Å². The van der Waals surface area contributed by atoms with Gasteiger partial charge >= 0.3 is 0 Å². The van der Waals surface area contributed by atoms with Gasteiger partial charge in [0, 0.05) is 6.61 Å². The highest BCUT2D eigenvalue weighted by Gasteiger charge is 1.86. The van der Waals surface area contributed by atoms with Gasteiger partial charge in [-0.2, -0.15) is 0 Å². The molecule has 0 spiro atoms. The van der Waals surface area contributed by atoms with Crippen LogP contribution in [0.3, 0.4) is 0 Å². The zero-order valence-corrected chi connectivity index (χ0v) is 7.01. The molecule has 0 fully saturated rings. The number of nitrogens with zero attached hydrogens (tertiary/aromatic N) is 1. The van der Waals surface area contributed by atoms with Gasteiger partial charge in [0.1, 0.15) is 0 Å². The number of carbonyl (C=O) groups excluding carboxylic acids is 1. The van der Waals surface area contributed by atoms with Crippen LogP contribution < -0.4 is 0 Å². The molecule has 0 aliphatic heterocycles. The average molecular weight is 157 g/mol. The fraction of sp³-hybridized carbons (Fsp3) is 0.875. The highest BCUT2D eigenvalue weighted by molar-refractivity contribution is 5.32. The van der Waals surface area contributed by atoms with Gasteiger partial charge in [-0.05, 0) is 6.42 Å². The molecule has 0 heterocycles. The van der Waals surface area contributed by atoms with Crippen molar-refractivity contribution in [3.63, 3.8) is 0 Å². The van der Waals surface area contributed by atoms with Gasteiger partial charge in [-0.3, -0.25) is 0 Å². The highest BCUT2D eigenvalue weighted by atomic mass is 16.5. The molecule has 3 heteroatoms. The van der Waals surface area contributed by atoms with E-state index in [1.54, 1.807) is 0 Å². The summed E-state index contributed by atoms with van der Waals surface area (Å²) in [5.74, 6) is 0. The van der Waals surface area contributed by atoms with Crippen molar-refractivity contribution in [2.75, 3.05) is 19.8 Å². The van der Waals surface area contributed by atoms with Crippen LogP contribution in [0.4, 0.5) is 0 Å². The molecule has 0 rings (SSSR count). The monoisotopic (exact) mass is 157 g/mol. The average Bonchev–Trinajstić information content (AvgIpc) is 2.03. The van der Waals surface area contributed by atoms with Gasteiger partial charge in [0.15, 0.2) is 0 Å². The smallest absolute Gasteiger partial charge is 0.235 e. The Labute approximate surface area is 67.5 Å². The van der Waals surface area contributed by atoms with E-state index >= 15 is 0 Å². The Morgan fingerprint density at radius 1 is 1.36 bits per heavy atom. The maximum atomic E-state index is 9.59. The Bertz CT molecular complexity index is 119. The predicted molar refractivity (Wildman–Crippen MR) is 43.3 cm³/mol. The maximum absolute atomic E-state index is 9.59. The molecule has 0 N–H and O–H groups in total. The Balaban J connectivity index is 2.84. The zero-order chi connectivity index (χ0) is 8.36. The van der Waals surface area contributed by atoms with Gasteiger partial charge in [0.2, 0.25) is 6.08 Å². The van der Waals surface area contributed by atoms with Crippen LogP contribution in [0, 0.1) is 0 Å². The Kier molecular flexibility index (Phi) is 8.78. The van der Waals surface area contributed by atoms with E-state index in [0.717, 1.165) is 13.0 Å². The highest BCUT2D eigenvalue weighted by Crippen LogP contribution is 1.93. The number of isocyanates is 1. The Morgan fingerprint density at radius 3 is 2.82 bits per heavy atom. The molecule has 11 heavy (non-hydrogen) atoms. The van der Waals surface area contributed by atoms with E-state index in [1.165, 1.54) is 18.9 Å². The number of aliphatic imine (C=N–C) groups is 1. The molecule has 0 bridgehead atoms. The molecule has 0 saturated carbocycles. The molecule has 0 aliphatic rings. The second-order valence-electron chi connectivity index (χ2n) is 2.29. The summed E-state index contributed by atoms with van der Waals surface area (Å²) in [4.78, 5) is 13.0. The molecule has 64 valence electrons. The summed E-state index contributed by atoms with van der Waals surface area (Å²) < 4.78 is 5.17. The minimum atomic E-state index is 0.440. The van der Waals surface area contributed by atoms with Crippen LogP contribution in [-0.4, -0.2) is 25.8 Å². The zero-order valence-electron chi connectivity index (χ0n) is 7.01. The van der Waals surface area contributed by atoms with Gasteiger partial charge in [-0.25, -0.2) is 9.79 Å². The molecule has 0 radical (unpaired) electrons. The van der Waals surface area contributed by atoms with Crippen molar-refractivity contribution in [1.82, 2.24) is 0 Å². The van der Waals surface area contributed by atoms with Crippen molar-refractivity contribution in [3.8, 4) is 0 Å². The molecule has 0 aliphatic carbocycles. The van der Waals surface area contributed by atoms with E-state index in [0.29, 0.717) is 13.2 Å². The topological polar surface area (TPSA) is 38.7 Å². The third-order valence-corrected chi connectivity index (χ3v) is 1.30. The van der Waals surface area contributed by atoms with E-state index in [9.17, 15) is 4.79 Å². The number of hydrogen-bond donors (Lipinski definition) is 0. The van der Waals surface area contributed by atoms with Crippen LogP contribution in [-0.2, 0) is 9.53 Å². The summed E-state index contributed by atoms with van der Waals surface area (Å²) in [6.45, 7) is 3.91. The Hall–Kier alpha value is -0.660. The van der Waals surface area contributed by atoms with Crippen LogP contribution in [0.5, 0.6) is 0 Å². The lowest BCUT2D eigenvalue weighted by Gasteiger charge is -1.99. The van der Waals surface area contributed by atoms with Gasteiger partial charge < -0.3 is 4.74 Å². The lowest BCUT2D eigenvalue weighted by molar-refractivity contribution is 0.137. The quantitative estimate of drug-likeness (QED) is 0.319. The van der Waals surface area contributed by atoms with Crippen LogP contribution in [0.1, 0.15) is 26.2 Å². The SMILES string of the molecule is CCCCCOCCN=C=O. The van der Waals surface area contributed by atoms with Crippen molar-refractivity contribution >= 4 is 6.08 Å². The molecule has 0 saturated heterocycles. The first-order valence-corrected chi connectivity index (χ1v) is 4.03. The predicted octanol–water partition coefficient (Wildman–Crippen LogP) is 1.53. The molecular weight excluding hydrogens is 142 g/mol. The van der Waals surface area contributed by atoms with E-state index < -0.39 is 0 Å². The largest absolute Gasteiger partial charge is 0.379 e. The fourth-order valence-electron chi connectivity index (χ4n) is 0.712. The summed E-state index contributed by atoms with van der Waals surface area (Å²) >= 11 is 0. The van der Waals surface area contributed by atoms with Gasteiger partial charge in [-0.1, -0.05) is 19.8 Å². The van der Waals surface area contributed by atoms with E-state index in [1.807, 2.05) is 0 Å². The van der Waals surface area contributed by atoms with E-state index in [2.05, 4.69) is 11.9 Å². The third kappa shape index (κ3) is 9.34. The number of ether oxygens (including phenoxy) is 1. The van der Waals surface area contributed by atoms with Gasteiger partial charge in [-0.15, -0.1) is 0 Å². The second kappa shape index (κ2) is 9.34. The van der Waals surface area contributed by atoms with E-state index in [4.69, 9.17) is 4.74 Å². The number of hydrogen-bond acceptors (Lipinski definition) is 3. The van der Waals surface area contributed by atoms with Crippen molar-refractivity contribution < 1.29 is 9.53 Å². The van der Waals surface area contributed by atoms with Crippen LogP contribution in [0.25, 0.3) is 0 Å². The van der Waals surface area contributed by atoms with E-state index in [-0.39, 0.29) is 0 Å². The summed E-state index contributed by atoms with van der Waals surface area (Å²) in [6.07, 6.45) is 4.97. The van der Waals surface area contributed by atoms with Crippen molar-refractivity contribution in [3.05, 3.63) is 0 Å². The minimum Gasteiger partial charge on any atom is -0.379 e. The minimum absolute atomic E-state index is 0.440. The molecule has 0 aromatic heterocycles. The number of unbranched alkanes of at least 4 members (excludes halogenated alkanes) is 2. The third-order valence-electron chi connectivity index (χ3n) is 1.30. The van der Waals surface area contributed by atoms with Crippen LogP contribution in [0.15, 0.2) is 4.99 Å². The van der Waals surface area contributed by atoms with Crippen LogP contribution in [0.2, 0.25) is 0 Å². The molecule has 3 nitrogen and oxygen atoms in total. The van der Waals surface area contributed by atoms with Gasteiger partial charge in [0.05, 0.1) is 13.2 Å². The van der Waals surface area contributed by atoms with Crippen molar-refractivity contribution in [2.24, 2.45) is 4.99 Å². The summed E-state index contributed by atoms with van der Waals surface area (Å²) in [5.41, 5.74) is 0. The fourth-order valence-corrected chi connectivity index (χ4v) is 0.712. The molecule has 0 atom stereocenters. The first-order valence-electron chi connectivity index (χ1n) is 4.03. The van der Waals surface area contributed by atoms with Gasteiger partial charge in [0.25, 0.3) is 0 Å². The number of rotatable bonds is 7. The lowest BCUT2D eigenvalue weighted by Crippen LogP contribution is -1.99. The van der Waals surface area contributed by atoms with Crippen LogP contribution >= 0.6 is 0 Å². The lowest BCUT2D eigenvalue weighted by atomic mass is 10.3. The second-order valence-corrected chi connectivity index (χ2v) is 2.29. The molecule has 0 amide bonds. The van der Waals surface area contributed by atoms with Crippen molar-refractivity contribution in [2.45, 2.75) is 26.2 Å². The maximum Gasteiger partial charge on any atom is 0.235 e. The molecular formula is C8H15NO2. The molecule has 0 unspecified atom stereocenters. The Morgan fingerprint density at radius 2 is 2.18 bits per heavy atom. The summed E-state index contributed by atoms with van der Waals surface area (Å²) in [6, 6.07) is 0. The molecule has 0 aromatic rings. The first-order chi connectivity index (χ1) is 5.41. The summed E-state index contributed by atoms with van der Waals surface area (Å²) in [5, 5.41) is 0.